The van der Waals surface area contributed by atoms with Gasteiger partial charge >= 0.3 is 0 Å². The summed E-state index contributed by atoms with van der Waals surface area (Å²) in [4.78, 5) is 0. The van der Waals surface area contributed by atoms with Crippen LogP contribution in [0.5, 0.6) is 5.75 Å². The summed E-state index contributed by atoms with van der Waals surface area (Å²) in [5.41, 5.74) is 1.22. The number of phenolic OH excluding ortho intramolecular Hbond substituents is 1. The van der Waals surface area contributed by atoms with Gasteiger partial charge in [0.1, 0.15) is 5.75 Å². The van der Waals surface area contributed by atoms with Crippen molar-refractivity contribution >= 4 is 53.3 Å². The Morgan fingerprint density at radius 2 is 2.15 bits per heavy atom. The molecular formula is C9H6Br2OS. The molecule has 0 atom stereocenters. The minimum atomic E-state index is 0.349. The molecule has 0 radical (unpaired) electrons. The fraction of sp³-hybridized carbons (Fsp3) is 0.111. The van der Waals surface area contributed by atoms with Crippen LogP contribution in [-0.2, 0) is 5.33 Å². The largest absolute Gasteiger partial charge is 0.506 e. The molecule has 13 heavy (non-hydrogen) atoms. The zero-order valence-electron chi connectivity index (χ0n) is 6.55. The molecule has 0 bridgehead atoms. The van der Waals surface area contributed by atoms with Crippen LogP contribution in [-0.4, -0.2) is 5.11 Å². The molecule has 0 saturated heterocycles. The highest BCUT2D eigenvalue weighted by Crippen LogP contribution is 2.36. The predicted octanol–water partition coefficient (Wildman–Crippen LogP) is 4.26. The molecule has 1 aromatic heterocycles. The van der Waals surface area contributed by atoms with Crippen molar-refractivity contribution in [2.45, 2.75) is 5.33 Å². The Balaban J connectivity index is 2.82. The first-order valence-corrected chi connectivity index (χ1v) is 6.46. The monoisotopic (exact) mass is 320 g/mol. The van der Waals surface area contributed by atoms with Gasteiger partial charge in [0.25, 0.3) is 0 Å². The van der Waals surface area contributed by atoms with Gasteiger partial charge < -0.3 is 5.11 Å². The van der Waals surface area contributed by atoms with Crippen molar-refractivity contribution in [2.75, 3.05) is 0 Å². The maximum atomic E-state index is 9.63. The van der Waals surface area contributed by atoms with E-state index in [1.54, 1.807) is 17.4 Å². The Hall–Kier alpha value is -0.0600. The van der Waals surface area contributed by atoms with Gasteiger partial charge in [-0.05, 0) is 23.1 Å². The first-order valence-electron chi connectivity index (χ1n) is 3.67. The molecule has 0 unspecified atom stereocenters. The second-order valence-corrected chi connectivity index (χ2v) is 5.05. The van der Waals surface area contributed by atoms with Crippen molar-refractivity contribution < 1.29 is 5.11 Å². The third-order valence-electron chi connectivity index (χ3n) is 1.84. The van der Waals surface area contributed by atoms with E-state index >= 15 is 0 Å². The van der Waals surface area contributed by atoms with Gasteiger partial charge in [0.05, 0.1) is 4.70 Å². The summed E-state index contributed by atoms with van der Waals surface area (Å²) in [6, 6.07) is 3.75. The maximum Gasteiger partial charge on any atom is 0.134 e. The molecule has 0 fully saturated rings. The van der Waals surface area contributed by atoms with E-state index in [2.05, 4.69) is 37.2 Å². The topological polar surface area (TPSA) is 20.2 Å². The number of hydrogen-bond acceptors (Lipinski definition) is 2. The first kappa shape index (κ1) is 9.49. The van der Waals surface area contributed by atoms with E-state index in [9.17, 15) is 5.11 Å². The zero-order valence-corrected chi connectivity index (χ0v) is 10.5. The quantitative estimate of drug-likeness (QED) is 0.778. The average molecular weight is 322 g/mol. The molecule has 0 saturated carbocycles. The lowest BCUT2D eigenvalue weighted by atomic mass is 10.2. The number of aromatic hydroxyl groups is 1. The van der Waals surface area contributed by atoms with Crippen molar-refractivity contribution in [2.24, 2.45) is 0 Å². The normalized spacial score (nSPS) is 10.9. The lowest BCUT2D eigenvalue weighted by Gasteiger charge is -1.97. The Morgan fingerprint density at radius 1 is 1.38 bits per heavy atom. The van der Waals surface area contributed by atoms with Gasteiger partial charge in [0.2, 0.25) is 0 Å². The van der Waals surface area contributed by atoms with Gasteiger partial charge in [-0.3, -0.25) is 0 Å². The number of benzene rings is 1. The van der Waals surface area contributed by atoms with Gasteiger partial charge in [0.15, 0.2) is 0 Å². The number of phenols is 1. The Labute approximate surface area is 96.6 Å². The molecule has 4 heteroatoms. The molecule has 1 aromatic carbocycles. The van der Waals surface area contributed by atoms with Crippen LogP contribution in [0, 0.1) is 0 Å². The minimum Gasteiger partial charge on any atom is -0.506 e. The van der Waals surface area contributed by atoms with Gasteiger partial charge in [-0.2, -0.15) is 0 Å². The van der Waals surface area contributed by atoms with Crippen molar-refractivity contribution in [3.05, 3.63) is 27.5 Å². The molecule has 0 aliphatic heterocycles. The summed E-state index contributed by atoms with van der Waals surface area (Å²) in [6.07, 6.45) is 0. The van der Waals surface area contributed by atoms with E-state index in [4.69, 9.17) is 0 Å². The lowest BCUT2D eigenvalue weighted by molar-refractivity contribution is 0.482. The second kappa shape index (κ2) is 3.59. The summed E-state index contributed by atoms with van der Waals surface area (Å²) >= 11 is 8.35. The molecule has 1 nitrogen and oxygen atoms in total. The SMILES string of the molecule is Oc1cc(Br)cc2c(CBr)csc12. The average Bonchev–Trinajstić information content (AvgIpc) is 2.47. The minimum absolute atomic E-state index is 0.349. The zero-order chi connectivity index (χ0) is 9.42. The van der Waals surface area contributed by atoms with E-state index in [0.717, 1.165) is 19.9 Å². The van der Waals surface area contributed by atoms with Crippen LogP contribution in [0.3, 0.4) is 0 Å². The third kappa shape index (κ3) is 1.63. The van der Waals surface area contributed by atoms with Crippen molar-refractivity contribution in [3.63, 3.8) is 0 Å². The van der Waals surface area contributed by atoms with E-state index in [-0.39, 0.29) is 0 Å². The standard InChI is InChI=1S/C9H6Br2OS/c10-3-5-4-13-9-7(5)1-6(11)2-8(9)12/h1-2,4,12H,3H2. The number of alkyl halides is 1. The highest BCUT2D eigenvalue weighted by Gasteiger charge is 2.07. The molecule has 0 amide bonds. The van der Waals surface area contributed by atoms with Crippen LogP contribution in [0.1, 0.15) is 5.56 Å². The van der Waals surface area contributed by atoms with Crippen LogP contribution in [0.25, 0.3) is 10.1 Å². The molecule has 2 rings (SSSR count). The molecule has 68 valence electrons. The summed E-state index contributed by atoms with van der Waals surface area (Å²) in [6.45, 7) is 0. The molecule has 0 aliphatic rings. The molecule has 0 spiro atoms. The van der Waals surface area contributed by atoms with E-state index in [1.807, 2.05) is 6.07 Å². The van der Waals surface area contributed by atoms with E-state index < -0.39 is 0 Å². The molecular weight excluding hydrogens is 316 g/mol. The van der Waals surface area contributed by atoms with Crippen LogP contribution in [0.2, 0.25) is 0 Å². The van der Waals surface area contributed by atoms with E-state index in [1.165, 1.54) is 5.56 Å². The second-order valence-electron chi connectivity index (χ2n) is 2.70. The lowest BCUT2D eigenvalue weighted by Crippen LogP contribution is -1.73. The van der Waals surface area contributed by atoms with Gasteiger partial charge in [-0.1, -0.05) is 31.9 Å². The van der Waals surface area contributed by atoms with Crippen molar-refractivity contribution in [1.29, 1.82) is 0 Å². The van der Waals surface area contributed by atoms with E-state index in [0.29, 0.717) is 5.75 Å². The first-order chi connectivity index (χ1) is 6.22. The van der Waals surface area contributed by atoms with Gasteiger partial charge in [-0.25, -0.2) is 0 Å². The number of rotatable bonds is 1. The summed E-state index contributed by atoms with van der Waals surface area (Å²) in [7, 11) is 0. The highest BCUT2D eigenvalue weighted by atomic mass is 79.9. The van der Waals surface area contributed by atoms with Crippen LogP contribution >= 0.6 is 43.2 Å². The fourth-order valence-electron chi connectivity index (χ4n) is 1.24. The molecule has 0 aliphatic carbocycles. The smallest absolute Gasteiger partial charge is 0.134 e. The molecule has 1 heterocycles. The predicted molar refractivity (Wildman–Crippen MR) is 63.8 cm³/mol. The fourth-order valence-corrected chi connectivity index (χ4v) is 3.33. The summed E-state index contributed by atoms with van der Waals surface area (Å²) < 4.78 is 1.87. The van der Waals surface area contributed by atoms with Crippen molar-refractivity contribution in [3.8, 4) is 5.75 Å². The van der Waals surface area contributed by atoms with Gasteiger partial charge in [-0.15, -0.1) is 11.3 Å². The molecule has 2 aromatic rings. The Kier molecular flexibility index (Phi) is 2.62. The maximum absolute atomic E-state index is 9.63. The van der Waals surface area contributed by atoms with Crippen LogP contribution in [0.4, 0.5) is 0 Å². The number of thiophene rings is 1. The number of fused-ring (bicyclic) bond motifs is 1. The summed E-state index contributed by atoms with van der Waals surface area (Å²) in [5, 5.41) is 13.6. The molecule has 1 N–H and O–H groups in total. The Morgan fingerprint density at radius 3 is 2.85 bits per heavy atom. The van der Waals surface area contributed by atoms with Crippen LogP contribution in [0.15, 0.2) is 22.0 Å². The number of halogens is 2. The Bertz CT molecular complexity index is 450. The highest BCUT2D eigenvalue weighted by molar-refractivity contribution is 9.10. The van der Waals surface area contributed by atoms with Gasteiger partial charge in [0, 0.05) is 15.2 Å². The summed E-state index contributed by atoms with van der Waals surface area (Å²) in [5.74, 6) is 0.349. The third-order valence-corrected chi connectivity index (χ3v) is 3.97. The van der Waals surface area contributed by atoms with Crippen LogP contribution < -0.4 is 0 Å². The number of hydrogen-bond donors (Lipinski definition) is 1. The van der Waals surface area contributed by atoms with Crippen molar-refractivity contribution in [1.82, 2.24) is 0 Å².